The summed E-state index contributed by atoms with van der Waals surface area (Å²) in [5.41, 5.74) is 0.544. The lowest BCUT2D eigenvalue weighted by Gasteiger charge is -2.57. The number of hydrogen-bond acceptors (Lipinski definition) is 2. The third-order valence-corrected chi connectivity index (χ3v) is 5.23. The van der Waals surface area contributed by atoms with Crippen molar-refractivity contribution in [1.29, 1.82) is 0 Å². The second-order valence-corrected chi connectivity index (χ2v) is 6.69. The number of nitrogens with one attached hydrogen (secondary N) is 2. The molecular formula is C14H24N2O. The first-order valence-corrected chi connectivity index (χ1v) is 7.10. The fraction of sp³-hybridized carbons (Fsp3) is 0.929. The van der Waals surface area contributed by atoms with Crippen LogP contribution in [0.3, 0.4) is 0 Å². The molecule has 3 heteroatoms. The molecule has 4 saturated carbocycles. The fourth-order valence-corrected chi connectivity index (χ4v) is 5.04. The lowest BCUT2D eigenvalue weighted by atomic mass is 9.49. The van der Waals surface area contributed by atoms with E-state index in [0.29, 0.717) is 12.0 Å². The Kier molecular flexibility index (Phi) is 2.89. The predicted molar refractivity (Wildman–Crippen MR) is 67.5 cm³/mol. The Morgan fingerprint density at radius 3 is 2.12 bits per heavy atom. The summed E-state index contributed by atoms with van der Waals surface area (Å²) in [5.74, 6) is 3.11. The van der Waals surface area contributed by atoms with E-state index in [4.69, 9.17) is 0 Å². The summed E-state index contributed by atoms with van der Waals surface area (Å²) in [6, 6.07) is 0. The van der Waals surface area contributed by atoms with Crippen molar-refractivity contribution >= 4 is 5.91 Å². The summed E-state index contributed by atoms with van der Waals surface area (Å²) in [4.78, 5) is 11.2. The van der Waals surface area contributed by atoms with Crippen molar-refractivity contribution in [2.24, 2.45) is 23.2 Å². The second kappa shape index (κ2) is 4.27. The normalized spacial score (nSPS) is 42.8. The summed E-state index contributed by atoms with van der Waals surface area (Å²) < 4.78 is 0. The molecule has 4 fully saturated rings. The van der Waals surface area contributed by atoms with Crippen molar-refractivity contribution in [1.82, 2.24) is 10.6 Å². The Hall–Kier alpha value is -0.570. The zero-order valence-electron chi connectivity index (χ0n) is 10.8. The number of likely N-dealkylation sites (N-methyl/N-ethyl adjacent to an activating group) is 1. The molecule has 0 aromatic carbocycles. The molecule has 0 unspecified atom stereocenters. The van der Waals surface area contributed by atoms with Crippen molar-refractivity contribution in [3.8, 4) is 0 Å². The van der Waals surface area contributed by atoms with Gasteiger partial charge in [-0.15, -0.1) is 0 Å². The van der Waals surface area contributed by atoms with Gasteiger partial charge < -0.3 is 10.6 Å². The van der Waals surface area contributed by atoms with E-state index in [1.165, 1.54) is 38.5 Å². The Bertz CT molecular complexity index is 278. The summed E-state index contributed by atoms with van der Waals surface area (Å²) in [5, 5.41) is 6.05. The average molecular weight is 236 g/mol. The Labute approximate surface area is 104 Å². The first kappa shape index (κ1) is 11.5. The minimum atomic E-state index is 0.106. The molecule has 0 aromatic heterocycles. The van der Waals surface area contributed by atoms with E-state index in [1.807, 2.05) is 0 Å². The molecule has 0 aliphatic heterocycles. The van der Waals surface area contributed by atoms with E-state index in [1.54, 1.807) is 7.05 Å². The third kappa shape index (κ3) is 2.22. The summed E-state index contributed by atoms with van der Waals surface area (Å²) >= 11 is 0. The lowest BCUT2D eigenvalue weighted by molar-refractivity contribution is -0.120. The van der Waals surface area contributed by atoms with Gasteiger partial charge >= 0.3 is 0 Å². The molecule has 17 heavy (non-hydrogen) atoms. The highest BCUT2D eigenvalue weighted by atomic mass is 16.1. The molecule has 2 N–H and O–H groups in total. The maximum atomic E-state index is 11.2. The van der Waals surface area contributed by atoms with Gasteiger partial charge in [0.1, 0.15) is 0 Å². The van der Waals surface area contributed by atoms with Crippen molar-refractivity contribution in [2.45, 2.75) is 38.5 Å². The number of hydrogen-bond donors (Lipinski definition) is 2. The summed E-state index contributed by atoms with van der Waals surface area (Å²) in [7, 11) is 1.70. The quantitative estimate of drug-likeness (QED) is 0.777. The smallest absolute Gasteiger partial charge is 0.233 e. The maximum Gasteiger partial charge on any atom is 0.233 e. The van der Waals surface area contributed by atoms with Crippen LogP contribution in [0.25, 0.3) is 0 Å². The van der Waals surface area contributed by atoms with E-state index in [2.05, 4.69) is 10.6 Å². The van der Waals surface area contributed by atoms with E-state index in [-0.39, 0.29) is 5.91 Å². The monoisotopic (exact) mass is 236 g/mol. The van der Waals surface area contributed by atoms with Gasteiger partial charge in [0.2, 0.25) is 5.91 Å². The Morgan fingerprint density at radius 2 is 1.65 bits per heavy atom. The van der Waals surface area contributed by atoms with Crippen molar-refractivity contribution in [3.05, 3.63) is 0 Å². The molecule has 3 nitrogen and oxygen atoms in total. The van der Waals surface area contributed by atoms with Crippen LogP contribution < -0.4 is 10.6 Å². The van der Waals surface area contributed by atoms with Crippen molar-refractivity contribution in [2.75, 3.05) is 20.1 Å². The van der Waals surface area contributed by atoms with Crippen LogP contribution in [0.15, 0.2) is 0 Å². The number of carbonyl (C=O) groups excluding carboxylic acids is 1. The minimum Gasteiger partial charge on any atom is -0.358 e. The van der Waals surface area contributed by atoms with Gasteiger partial charge in [-0.3, -0.25) is 4.79 Å². The van der Waals surface area contributed by atoms with Gasteiger partial charge in [-0.05, 0) is 61.7 Å². The zero-order chi connectivity index (χ0) is 11.9. The minimum absolute atomic E-state index is 0.106. The van der Waals surface area contributed by atoms with Gasteiger partial charge in [-0.25, -0.2) is 0 Å². The zero-order valence-corrected chi connectivity index (χ0v) is 10.8. The van der Waals surface area contributed by atoms with E-state index in [0.717, 1.165) is 24.3 Å². The average Bonchev–Trinajstić information content (AvgIpc) is 2.26. The molecule has 0 radical (unpaired) electrons. The summed E-state index contributed by atoms with van der Waals surface area (Å²) in [6.07, 6.45) is 8.73. The molecule has 4 rings (SSSR count). The molecule has 1 amide bonds. The van der Waals surface area contributed by atoms with Crippen LogP contribution in [0.2, 0.25) is 0 Å². The molecule has 0 atom stereocenters. The largest absolute Gasteiger partial charge is 0.358 e. The lowest BCUT2D eigenvalue weighted by Crippen LogP contribution is -2.51. The van der Waals surface area contributed by atoms with Gasteiger partial charge in [-0.2, -0.15) is 0 Å². The first-order valence-electron chi connectivity index (χ1n) is 7.10. The number of amides is 1. The van der Waals surface area contributed by atoms with Gasteiger partial charge in [-0.1, -0.05) is 0 Å². The molecule has 4 bridgehead atoms. The van der Waals surface area contributed by atoms with Crippen LogP contribution in [0, 0.1) is 23.2 Å². The molecule has 0 spiro atoms. The molecule has 4 aliphatic rings. The van der Waals surface area contributed by atoms with Gasteiger partial charge in [0.15, 0.2) is 0 Å². The third-order valence-electron chi connectivity index (χ3n) is 5.23. The highest BCUT2D eigenvalue weighted by Gasteiger charge is 2.50. The highest BCUT2D eigenvalue weighted by Crippen LogP contribution is 2.59. The van der Waals surface area contributed by atoms with Gasteiger partial charge in [0.25, 0.3) is 0 Å². The molecule has 0 aromatic rings. The standard InChI is InChI=1S/C14H24N2O/c1-15-13(17)8-16-9-14-5-10-2-11(6-14)4-12(3-10)7-14/h10-12,16H,2-9H2,1H3,(H,15,17). The van der Waals surface area contributed by atoms with Gasteiger partial charge in [0.05, 0.1) is 6.54 Å². The molecule has 4 aliphatic carbocycles. The molecule has 96 valence electrons. The van der Waals surface area contributed by atoms with Crippen LogP contribution in [0.5, 0.6) is 0 Å². The molecule has 0 saturated heterocycles. The first-order chi connectivity index (χ1) is 8.19. The molecular weight excluding hydrogens is 212 g/mol. The highest BCUT2D eigenvalue weighted by molar-refractivity contribution is 5.77. The Balaban J connectivity index is 1.57. The summed E-state index contributed by atoms with van der Waals surface area (Å²) in [6.45, 7) is 1.54. The predicted octanol–water partition coefficient (Wildman–Crippen LogP) is 1.54. The second-order valence-electron chi connectivity index (χ2n) is 6.69. The van der Waals surface area contributed by atoms with Crippen LogP contribution in [-0.2, 0) is 4.79 Å². The molecule has 0 heterocycles. The van der Waals surface area contributed by atoms with Crippen molar-refractivity contribution in [3.63, 3.8) is 0 Å². The van der Waals surface area contributed by atoms with E-state index >= 15 is 0 Å². The number of rotatable bonds is 4. The fourth-order valence-electron chi connectivity index (χ4n) is 5.04. The van der Waals surface area contributed by atoms with Crippen LogP contribution >= 0.6 is 0 Å². The van der Waals surface area contributed by atoms with E-state index in [9.17, 15) is 4.79 Å². The Morgan fingerprint density at radius 1 is 1.12 bits per heavy atom. The van der Waals surface area contributed by atoms with Gasteiger partial charge in [0, 0.05) is 13.6 Å². The van der Waals surface area contributed by atoms with Crippen LogP contribution in [0.4, 0.5) is 0 Å². The van der Waals surface area contributed by atoms with E-state index < -0.39 is 0 Å². The topological polar surface area (TPSA) is 41.1 Å². The SMILES string of the molecule is CNC(=O)CNCC12CC3CC(CC(C3)C1)C2. The number of carbonyl (C=O) groups is 1. The van der Waals surface area contributed by atoms with Crippen molar-refractivity contribution < 1.29 is 4.79 Å². The maximum absolute atomic E-state index is 11.2. The van der Waals surface area contributed by atoms with Crippen LogP contribution in [0.1, 0.15) is 38.5 Å². The van der Waals surface area contributed by atoms with Crippen LogP contribution in [-0.4, -0.2) is 26.0 Å².